The Hall–Kier alpha value is -1.64. The van der Waals surface area contributed by atoms with Gasteiger partial charge in [-0.05, 0) is 38.3 Å². The summed E-state index contributed by atoms with van der Waals surface area (Å²) in [6.07, 6.45) is 10.3. The van der Waals surface area contributed by atoms with Crippen LogP contribution in [0, 0.1) is 5.92 Å². The van der Waals surface area contributed by atoms with Crippen molar-refractivity contribution in [1.29, 1.82) is 0 Å². The highest BCUT2D eigenvalue weighted by atomic mass is 16.1. The van der Waals surface area contributed by atoms with Crippen LogP contribution in [0.3, 0.4) is 0 Å². The van der Waals surface area contributed by atoms with E-state index < -0.39 is 0 Å². The Kier molecular flexibility index (Phi) is 10.8. The first-order valence-corrected chi connectivity index (χ1v) is 9.48. The third-order valence-corrected chi connectivity index (χ3v) is 4.53. The van der Waals surface area contributed by atoms with Gasteiger partial charge in [-0.3, -0.25) is 9.59 Å². The van der Waals surface area contributed by atoms with E-state index in [9.17, 15) is 9.59 Å². The largest absolute Gasteiger partial charge is 0.352 e. The number of carbonyl (C=O) groups excluding carboxylic acids is 2. The molecular formula is C21H33NO2. The van der Waals surface area contributed by atoms with E-state index in [-0.39, 0.29) is 17.6 Å². The third kappa shape index (κ3) is 8.85. The van der Waals surface area contributed by atoms with Crippen LogP contribution < -0.4 is 5.32 Å². The van der Waals surface area contributed by atoms with Gasteiger partial charge in [0.05, 0.1) is 0 Å². The minimum atomic E-state index is -0.0362. The number of amides is 1. The van der Waals surface area contributed by atoms with Gasteiger partial charge in [0.15, 0.2) is 0 Å². The van der Waals surface area contributed by atoms with E-state index in [2.05, 4.69) is 12.2 Å². The first kappa shape index (κ1) is 20.4. The van der Waals surface area contributed by atoms with E-state index >= 15 is 0 Å². The predicted octanol–water partition coefficient (Wildman–Crippen LogP) is 5.15. The lowest BCUT2D eigenvalue weighted by Crippen LogP contribution is -2.25. The van der Waals surface area contributed by atoms with Crippen molar-refractivity contribution in [2.75, 3.05) is 6.54 Å². The van der Waals surface area contributed by atoms with Crippen molar-refractivity contribution in [3.05, 3.63) is 35.9 Å². The second-order valence-corrected chi connectivity index (χ2v) is 6.63. The quantitative estimate of drug-likeness (QED) is 0.508. The molecule has 3 nitrogen and oxygen atoms in total. The van der Waals surface area contributed by atoms with Gasteiger partial charge in [-0.1, -0.05) is 63.6 Å². The smallest absolute Gasteiger partial charge is 0.251 e. The maximum Gasteiger partial charge on any atom is 0.251 e. The van der Waals surface area contributed by atoms with E-state index in [0.29, 0.717) is 12.1 Å². The van der Waals surface area contributed by atoms with E-state index in [1.807, 2.05) is 30.3 Å². The number of unbranched alkanes of at least 4 members (excludes halogenated alkanes) is 5. The van der Waals surface area contributed by atoms with Crippen LogP contribution >= 0.6 is 0 Å². The number of benzene rings is 1. The van der Waals surface area contributed by atoms with E-state index in [1.165, 1.54) is 32.1 Å². The molecule has 3 heteroatoms. The molecule has 1 atom stereocenters. The van der Waals surface area contributed by atoms with Crippen molar-refractivity contribution in [2.24, 2.45) is 5.92 Å². The highest BCUT2D eigenvalue weighted by Crippen LogP contribution is 2.17. The van der Waals surface area contributed by atoms with Crippen molar-refractivity contribution < 1.29 is 9.59 Å². The van der Waals surface area contributed by atoms with Crippen molar-refractivity contribution in [3.63, 3.8) is 0 Å². The van der Waals surface area contributed by atoms with Crippen LogP contribution in [-0.2, 0) is 4.79 Å². The van der Waals surface area contributed by atoms with Gasteiger partial charge >= 0.3 is 0 Å². The normalized spacial score (nSPS) is 11.9. The molecular weight excluding hydrogens is 298 g/mol. The van der Waals surface area contributed by atoms with Gasteiger partial charge in [0.1, 0.15) is 5.78 Å². The Labute approximate surface area is 147 Å². The van der Waals surface area contributed by atoms with Crippen LogP contribution in [0.25, 0.3) is 0 Å². The summed E-state index contributed by atoms with van der Waals surface area (Å²) in [5.41, 5.74) is 0.688. The highest BCUT2D eigenvalue weighted by molar-refractivity contribution is 5.94. The first-order chi connectivity index (χ1) is 11.6. The Balaban J connectivity index is 2.17. The number of rotatable bonds is 13. The summed E-state index contributed by atoms with van der Waals surface area (Å²) < 4.78 is 0. The molecule has 0 heterocycles. The maximum atomic E-state index is 11.9. The minimum Gasteiger partial charge on any atom is -0.352 e. The van der Waals surface area contributed by atoms with Gasteiger partial charge in [0, 0.05) is 18.0 Å². The fraction of sp³-hybridized carbons (Fsp3) is 0.619. The first-order valence-electron chi connectivity index (χ1n) is 9.48. The zero-order chi connectivity index (χ0) is 17.6. The average Bonchev–Trinajstić information content (AvgIpc) is 2.59. The van der Waals surface area contributed by atoms with Crippen LogP contribution in [0.1, 0.15) is 82.0 Å². The molecule has 0 aliphatic rings. The SMILES string of the molecule is CCCCCCCCC(CCCNC(=O)c1ccccc1)C(C)=O. The topological polar surface area (TPSA) is 46.2 Å². The lowest BCUT2D eigenvalue weighted by atomic mass is 9.92. The van der Waals surface area contributed by atoms with Gasteiger partial charge < -0.3 is 5.32 Å². The molecule has 0 radical (unpaired) electrons. The predicted molar refractivity (Wildman–Crippen MR) is 100 cm³/mol. The Morgan fingerprint density at radius 1 is 0.917 bits per heavy atom. The van der Waals surface area contributed by atoms with Gasteiger partial charge in [0.2, 0.25) is 0 Å². The molecule has 0 bridgehead atoms. The van der Waals surface area contributed by atoms with E-state index in [1.54, 1.807) is 6.92 Å². The van der Waals surface area contributed by atoms with Gasteiger partial charge in [-0.25, -0.2) is 0 Å². The molecule has 0 aliphatic carbocycles. The molecule has 1 aromatic carbocycles. The average molecular weight is 332 g/mol. The molecule has 1 N–H and O–H groups in total. The molecule has 0 aromatic heterocycles. The summed E-state index contributed by atoms with van der Waals surface area (Å²) in [6.45, 7) is 4.56. The molecule has 0 saturated heterocycles. The fourth-order valence-electron chi connectivity index (χ4n) is 2.96. The minimum absolute atomic E-state index is 0.0362. The summed E-state index contributed by atoms with van der Waals surface area (Å²) in [7, 11) is 0. The summed E-state index contributed by atoms with van der Waals surface area (Å²) in [4.78, 5) is 23.7. The molecule has 24 heavy (non-hydrogen) atoms. The number of nitrogens with one attached hydrogen (secondary N) is 1. The van der Waals surface area contributed by atoms with Crippen molar-refractivity contribution in [1.82, 2.24) is 5.32 Å². The molecule has 134 valence electrons. The van der Waals surface area contributed by atoms with Crippen LogP contribution in [0.5, 0.6) is 0 Å². The molecule has 1 aromatic rings. The number of Topliss-reactive ketones (excluding diaryl/α,β-unsaturated/α-hetero) is 1. The lowest BCUT2D eigenvalue weighted by Gasteiger charge is -2.14. The van der Waals surface area contributed by atoms with Gasteiger partial charge in [-0.2, -0.15) is 0 Å². The molecule has 0 saturated carbocycles. The molecule has 1 amide bonds. The Morgan fingerprint density at radius 2 is 1.54 bits per heavy atom. The van der Waals surface area contributed by atoms with Crippen molar-refractivity contribution in [3.8, 4) is 0 Å². The summed E-state index contributed by atoms with van der Waals surface area (Å²) in [5, 5.41) is 2.93. The molecule has 1 unspecified atom stereocenters. The molecule has 0 spiro atoms. The zero-order valence-electron chi connectivity index (χ0n) is 15.4. The summed E-state index contributed by atoms with van der Waals surface area (Å²) in [5.74, 6) is 0.411. The second kappa shape index (κ2) is 12.7. The highest BCUT2D eigenvalue weighted by Gasteiger charge is 2.13. The standard InChI is InChI=1S/C21H33NO2/c1-3-4-5-6-7-9-13-19(18(2)23)16-12-17-22-21(24)20-14-10-8-11-15-20/h8,10-11,14-15,19H,3-7,9,12-13,16-17H2,1-2H3,(H,22,24). The maximum absolute atomic E-state index is 11.9. The van der Waals surface area contributed by atoms with E-state index in [4.69, 9.17) is 0 Å². The molecule has 0 aliphatic heterocycles. The fourth-order valence-corrected chi connectivity index (χ4v) is 2.96. The number of hydrogen-bond acceptors (Lipinski definition) is 2. The van der Waals surface area contributed by atoms with Crippen LogP contribution in [0.15, 0.2) is 30.3 Å². The third-order valence-electron chi connectivity index (χ3n) is 4.53. The van der Waals surface area contributed by atoms with Crippen LogP contribution in [0.4, 0.5) is 0 Å². The van der Waals surface area contributed by atoms with Gasteiger partial charge in [0.25, 0.3) is 5.91 Å². The Morgan fingerprint density at radius 3 is 2.21 bits per heavy atom. The Bertz CT molecular complexity index is 470. The number of hydrogen-bond donors (Lipinski definition) is 1. The number of ketones is 1. The monoisotopic (exact) mass is 331 g/mol. The molecule has 1 rings (SSSR count). The lowest BCUT2D eigenvalue weighted by molar-refractivity contribution is -0.121. The molecule has 0 fully saturated rings. The van der Waals surface area contributed by atoms with Crippen LogP contribution in [0.2, 0.25) is 0 Å². The van der Waals surface area contributed by atoms with E-state index in [0.717, 1.165) is 25.7 Å². The number of carbonyl (C=O) groups is 2. The summed E-state index contributed by atoms with van der Waals surface area (Å²) in [6, 6.07) is 9.25. The van der Waals surface area contributed by atoms with Crippen molar-refractivity contribution >= 4 is 11.7 Å². The van der Waals surface area contributed by atoms with Gasteiger partial charge in [-0.15, -0.1) is 0 Å². The summed E-state index contributed by atoms with van der Waals surface area (Å²) >= 11 is 0. The zero-order valence-corrected chi connectivity index (χ0v) is 15.4. The van der Waals surface area contributed by atoms with Crippen LogP contribution in [-0.4, -0.2) is 18.2 Å². The van der Waals surface area contributed by atoms with Crippen molar-refractivity contribution in [2.45, 2.75) is 71.6 Å². The second-order valence-electron chi connectivity index (χ2n) is 6.63.